The first kappa shape index (κ1) is 11.2. The Morgan fingerprint density at radius 3 is 2.69 bits per heavy atom. The molecular formula is C11H17N3O2. The minimum atomic E-state index is -0.317. The first-order chi connectivity index (χ1) is 7.65. The number of piperazine rings is 1. The van der Waals surface area contributed by atoms with E-state index in [1.165, 1.54) is 12.3 Å². The van der Waals surface area contributed by atoms with E-state index in [0.717, 1.165) is 38.4 Å². The maximum atomic E-state index is 11.2. The Hall–Kier alpha value is -1.33. The van der Waals surface area contributed by atoms with Crippen LogP contribution in [0.4, 0.5) is 0 Å². The average Bonchev–Trinajstić information content (AvgIpc) is 2.27. The zero-order valence-corrected chi connectivity index (χ0v) is 9.44. The predicted molar refractivity (Wildman–Crippen MR) is 61.5 cm³/mol. The van der Waals surface area contributed by atoms with E-state index in [9.17, 15) is 4.79 Å². The van der Waals surface area contributed by atoms with Crippen molar-refractivity contribution in [2.75, 3.05) is 33.2 Å². The van der Waals surface area contributed by atoms with Gasteiger partial charge in [0.25, 0.3) is 0 Å². The third kappa shape index (κ3) is 2.62. The van der Waals surface area contributed by atoms with Crippen molar-refractivity contribution in [1.29, 1.82) is 0 Å². The van der Waals surface area contributed by atoms with Gasteiger partial charge in [0.15, 0.2) is 5.75 Å². The zero-order valence-electron chi connectivity index (χ0n) is 9.44. The van der Waals surface area contributed by atoms with Crippen molar-refractivity contribution >= 4 is 0 Å². The van der Waals surface area contributed by atoms with Crippen LogP contribution in [0.2, 0.25) is 0 Å². The molecule has 1 aromatic heterocycles. The third-order valence-electron chi connectivity index (χ3n) is 2.94. The van der Waals surface area contributed by atoms with Gasteiger partial charge < -0.3 is 15.0 Å². The number of H-pyrrole nitrogens is 1. The van der Waals surface area contributed by atoms with Crippen molar-refractivity contribution in [1.82, 2.24) is 14.8 Å². The van der Waals surface area contributed by atoms with Crippen LogP contribution in [-0.4, -0.2) is 53.1 Å². The molecule has 0 spiro atoms. The lowest BCUT2D eigenvalue weighted by Gasteiger charge is -2.32. The fraction of sp³-hybridized carbons (Fsp3) is 0.545. The van der Waals surface area contributed by atoms with Crippen molar-refractivity contribution < 1.29 is 5.11 Å². The molecule has 0 unspecified atom stereocenters. The number of hydrogen-bond donors (Lipinski definition) is 2. The second-order valence-electron chi connectivity index (χ2n) is 4.29. The smallest absolute Gasteiger partial charge is 0.223 e. The van der Waals surface area contributed by atoms with Crippen LogP contribution in [0.5, 0.6) is 5.75 Å². The molecule has 2 rings (SSSR count). The molecular weight excluding hydrogens is 206 g/mol. The lowest BCUT2D eigenvalue weighted by atomic mass is 10.2. The summed E-state index contributed by atoms with van der Waals surface area (Å²) in [6, 6.07) is 1.47. The highest BCUT2D eigenvalue weighted by Crippen LogP contribution is 2.05. The molecule has 16 heavy (non-hydrogen) atoms. The summed E-state index contributed by atoms with van der Waals surface area (Å²) in [6.07, 6.45) is 1.35. The molecule has 5 nitrogen and oxygen atoms in total. The maximum absolute atomic E-state index is 11.2. The maximum Gasteiger partial charge on any atom is 0.223 e. The molecule has 1 aliphatic heterocycles. The molecule has 5 heteroatoms. The number of aromatic nitrogens is 1. The Morgan fingerprint density at radius 2 is 2.06 bits per heavy atom. The highest BCUT2D eigenvalue weighted by molar-refractivity contribution is 5.18. The van der Waals surface area contributed by atoms with Crippen LogP contribution in [0.15, 0.2) is 17.1 Å². The molecule has 0 aromatic carbocycles. The molecule has 88 valence electrons. The van der Waals surface area contributed by atoms with Gasteiger partial charge in [0.05, 0.1) is 0 Å². The number of rotatable bonds is 2. The van der Waals surface area contributed by atoms with Crippen LogP contribution in [0.3, 0.4) is 0 Å². The highest BCUT2D eigenvalue weighted by Gasteiger charge is 2.14. The standard InChI is InChI=1S/C11H17N3O2/c1-13-2-4-14(5-3-13)8-9-6-10(15)11(16)7-12-9/h6-7,16H,2-5,8H2,1H3,(H,12,15). The normalized spacial score (nSPS) is 18.8. The summed E-state index contributed by atoms with van der Waals surface area (Å²) in [4.78, 5) is 18.7. The number of likely N-dealkylation sites (N-methyl/N-ethyl adjacent to an activating group) is 1. The number of aromatic amines is 1. The lowest BCUT2D eigenvalue weighted by Crippen LogP contribution is -2.44. The Balaban J connectivity index is 1.99. The topological polar surface area (TPSA) is 59.6 Å². The van der Waals surface area contributed by atoms with Crippen LogP contribution in [0, 0.1) is 0 Å². The van der Waals surface area contributed by atoms with Gasteiger partial charge in [-0.1, -0.05) is 0 Å². The van der Waals surface area contributed by atoms with Crippen molar-refractivity contribution in [2.45, 2.75) is 6.54 Å². The summed E-state index contributed by atoms with van der Waals surface area (Å²) in [6.45, 7) is 4.88. The van der Waals surface area contributed by atoms with Crippen molar-refractivity contribution in [3.05, 3.63) is 28.2 Å². The number of nitrogens with one attached hydrogen (secondary N) is 1. The van der Waals surface area contributed by atoms with E-state index in [4.69, 9.17) is 5.11 Å². The average molecular weight is 223 g/mol. The van der Waals surface area contributed by atoms with Crippen molar-refractivity contribution in [3.63, 3.8) is 0 Å². The molecule has 0 radical (unpaired) electrons. The van der Waals surface area contributed by atoms with E-state index in [1.807, 2.05) is 0 Å². The second-order valence-corrected chi connectivity index (χ2v) is 4.29. The van der Waals surface area contributed by atoms with Gasteiger partial charge in [-0.2, -0.15) is 0 Å². The van der Waals surface area contributed by atoms with Gasteiger partial charge in [0.2, 0.25) is 5.43 Å². The summed E-state index contributed by atoms with van der Waals surface area (Å²) in [5, 5.41) is 9.12. The molecule has 1 saturated heterocycles. The van der Waals surface area contributed by atoms with E-state index in [1.54, 1.807) is 0 Å². The summed E-state index contributed by atoms with van der Waals surface area (Å²) < 4.78 is 0. The largest absolute Gasteiger partial charge is 0.503 e. The van der Waals surface area contributed by atoms with Crippen LogP contribution < -0.4 is 5.43 Å². The summed E-state index contributed by atoms with van der Waals surface area (Å²) in [5.74, 6) is -0.220. The molecule has 0 bridgehead atoms. The van der Waals surface area contributed by atoms with Gasteiger partial charge >= 0.3 is 0 Å². The molecule has 0 amide bonds. The van der Waals surface area contributed by atoms with Crippen molar-refractivity contribution in [2.24, 2.45) is 0 Å². The number of pyridine rings is 1. The first-order valence-corrected chi connectivity index (χ1v) is 5.46. The second kappa shape index (κ2) is 4.67. The first-order valence-electron chi connectivity index (χ1n) is 5.46. The van der Waals surface area contributed by atoms with Gasteiger partial charge in [-0.25, -0.2) is 0 Å². The SMILES string of the molecule is CN1CCN(Cc2cc(=O)c(O)c[nH]2)CC1. The third-order valence-corrected chi connectivity index (χ3v) is 2.94. The van der Waals surface area contributed by atoms with Gasteiger partial charge in [0.1, 0.15) is 0 Å². The quantitative estimate of drug-likeness (QED) is 0.730. The van der Waals surface area contributed by atoms with E-state index in [-0.39, 0.29) is 11.2 Å². The summed E-state index contributed by atoms with van der Waals surface area (Å²) in [5.41, 5.74) is 0.537. The van der Waals surface area contributed by atoms with E-state index < -0.39 is 0 Å². The van der Waals surface area contributed by atoms with Crippen LogP contribution in [-0.2, 0) is 6.54 Å². The molecule has 2 N–H and O–H groups in total. The Morgan fingerprint density at radius 1 is 1.38 bits per heavy atom. The highest BCUT2D eigenvalue weighted by atomic mass is 16.3. The molecule has 1 aromatic rings. The van der Waals surface area contributed by atoms with Gasteiger partial charge in [-0.05, 0) is 7.05 Å². The minimum absolute atomic E-state index is 0.220. The van der Waals surface area contributed by atoms with Crippen molar-refractivity contribution in [3.8, 4) is 5.75 Å². The van der Waals surface area contributed by atoms with Crippen LogP contribution in [0.1, 0.15) is 5.69 Å². The van der Waals surface area contributed by atoms with E-state index in [0.29, 0.717) is 0 Å². The van der Waals surface area contributed by atoms with Crippen LogP contribution in [0.25, 0.3) is 0 Å². The monoisotopic (exact) mass is 223 g/mol. The molecule has 1 fully saturated rings. The van der Waals surface area contributed by atoms with Crippen LogP contribution >= 0.6 is 0 Å². The molecule has 1 aliphatic rings. The molecule has 0 saturated carbocycles. The minimum Gasteiger partial charge on any atom is -0.503 e. The Kier molecular flexibility index (Phi) is 3.26. The fourth-order valence-corrected chi connectivity index (χ4v) is 1.84. The molecule has 2 heterocycles. The number of aromatic hydroxyl groups is 1. The predicted octanol–water partition coefficient (Wildman–Crippen LogP) is -0.172. The summed E-state index contributed by atoms with van der Waals surface area (Å²) in [7, 11) is 2.11. The Labute approximate surface area is 94.3 Å². The number of hydrogen-bond acceptors (Lipinski definition) is 4. The summed E-state index contributed by atoms with van der Waals surface area (Å²) >= 11 is 0. The number of nitrogens with zero attached hydrogens (tertiary/aromatic N) is 2. The van der Waals surface area contributed by atoms with E-state index >= 15 is 0 Å². The fourth-order valence-electron chi connectivity index (χ4n) is 1.84. The Bertz CT molecular complexity index is 408. The van der Waals surface area contributed by atoms with Gasteiger partial charge in [-0.3, -0.25) is 9.69 Å². The lowest BCUT2D eigenvalue weighted by molar-refractivity contribution is 0.147. The van der Waals surface area contributed by atoms with Gasteiger partial charge in [-0.15, -0.1) is 0 Å². The molecule has 0 aliphatic carbocycles. The zero-order chi connectivity index (χ0) is 11.5. The van der Waals surface area contributed by atoms with E-state index in [2.05, 4.69) is 21.8 Å². The molecule has 0 atom stereocenters. The van der Waals surface area contributed by atoms with Gasteiger partial charge in [0, 0.05) is 50.7 Å².